The summed E-state index contributed by atoms with van der Waals surface area (Å²) in [7, 11) is 0. The van der Waals surface area contributed by atoms with Crippen molar-refractivity contribution in [3.05, 3.63) is 39.4 Å². The molecule has 19 heavy (non-hydrogen) atoms. The first kappa shape index (κ1) is 15.1. The molecule has 1 amide bonds. The fraction of sp³-hybridized carbons (Fsp3) is 0.462. The summed E-state index contributed by atoms with van der Waals surface area (Å²) in [6, 6.07) is 4.60. The number of rotatable bonds is 5. The van der Waals surface area contributed by atoms with Gasteiger partial charge in [0, 0.05) is 30.1 Å². The highest BCUT2D eigenvalue weighted by Crippen LogP contribution is 2.20. The van der Waals surface area contributed by atoms with E-state index in [1.165, 1.54) is 6.07 Å². The van der Waals surface area contributed by atoms with Crippen molar-refractivity contribution in [2.45, 2.75) is 33.4 Å². The van der Waals surface area contributed by atoms with Gasteiger partial charge in [-0.3, -0.25) is 14.9 Å². The molecular formula is C13H19N3O3. The van der Waals surface area contributed by atoms with Crippen LogP contribution in [0.1, 0.15) is 25.0 Å². The molecule has 0 radical (unpaired) electrons. The van der Waals surface area contributed by atoms with Gasteiger partial charge < -0.3 is 11.1 Å². The molecule has 2 unspecified atom stereocenters. The van der Waals surface area contributed by atoms with E-state index in [0.717, 1.165) is 5.56 Å². The van der Waals surface area contributed by atoms with Gasteiger partial charge in [-0.05, 0) is 19.4 Å². The summed E-state index contributed by atoms with van der Waals surface area (Å²) < 4.78 is 0. The molecule has 0 saturated carbocycles. The lowest BCUT2D eigenvalue weighted by atomic mass is 10.0. The maximum Gasteiger partial charge on any atom is 0.272 e. The van der Waals surface area contributed by atoms with Gasteiger partial charge in [-0.2, -0.15) is 0 Å². The van der Waals surface area contributed by atoms with E-state index in [-0.39, 0.29) is 30.1 Å². The molecule has 6 nitrogen and oxygen atoms in total. The lowest BCUT2D eigenvalue weighted by Gasteiger charge is -2.15. The third-order valence-electron chi connectivity index (χ3n) is 3.27. The van der Waals surface area contributed by atoms with Crippen molar-refractivity contribution in [1.29, 1.82) is 0 Å². The summed E-state index contributed by atoms with van der Waals surface area (Å²) in [5, 5.41) is 13.6. The Hall–Kier alpha value is -1.95. The molecule has 2 atom stereocenters. The molecule has 0 aromatic heterocycles. The predicted octanol–water partition coefficient (Wildman–Crippen LogP) is 1.50. The molecule has 0 bridgehead atoms. The van der Waals surface area contributed by atoms with E-state index in [1.807, 2.05) is 0 Å². The zero-order valence-electron chi connectivity index (χ0n) is 11.3. The quantitative estimate of drug-likeness (QED) is 0.622. The van der Waals surface area contributed by atoms with E-state index in [1.54, 1.807) is 32.9 Å². The van der Waals surface area contributed by atoms with E-state index in [4.69, 9.17) is 5.73 Å². The maximum atomic E-state index is 11.8. The predicted molar refractivity (Wildman–Crippen MR) is 72.5 cm³/mol. The summed E-state index contributed by atoms with van der Waals surface area (Å²) in [4.78, 5) is 22.1. The van der Waals surface area contributed by atoms with E-state index in [0.29, 0.717) is 5.56 Å². The van der Waals surface area contributed by atoms with Crippen LogP contribution in [0.4, 0.5) is 5.69 Å². The van der Waals surface area contributed by atoms with Crippen LogP contribution in [0, 0.1) is 23.0 Å². The van der Waals surface area contributed by atoms with Crippen LogP contribution in [0.15, 0.2) is 18.2 Å². The van der Waals surface area contributed by atoms with Crippen LogP contribution in [0.2, 0.25) is 0 Å². The second-order valence-corrected chi connectivity index (χ2v) is 4.68. The van der Waals surface area contributed by atoms with Crippen LogP contribution in [-0.4, -0.2) is 16.9 Å². The first-order chi connectivity index (χ1) is 8.84. The van der Waals surface area contributed by atoms with Gasteiger partial charge in [0.2, 0.25) is 5.91 Å². The van der Waals surface area contributed by atoms with Crippen molar-refractivity contribution in [3.8, 4) is 0 Å². The summed E-state index contributed by atoms with van der Waals surface area (Å²) in [6.07, 6.45) is 0. The van der Waals surface area contributed by atoms with Crippen LogP contribution in [0.25, 0.3) is 0 Å². The highest BCUT2D eigenvalue weighted by atomic mass is 16.6. The third kappa shape index (κ3) is 3.75. The molecule has 104 valence electrons. The number of nitrogens with two attached hydrogens (primary N) is 1. The van der Waals surface area contributed by atoms with Crippen LogP contribution in [0.5, 0.6) is 0 Å². The molecule has 0 heterocycles. The van der Waals surface area contributed by atoms with Crippen molar-refractivity contribution in [3.63, 3.8) is 0 Å². The molecule has 0 fully saturated rings. The normalized spacial score (nSPS) is 13.7. The standard InChI is InChI=1S/C13H19N3O3/c1-8(10(3)14)13(17)15-7-11-5-4-6-12(9(11)2)16(18)19/h4-6,8,10H,7,14H2,1-3H3,(H,15,17). The summed E-state index contributed by atoms with van der Waals surface area (Å²) in [5.41, 5.74) is 7.02. The zero-order chi connectivity index (χ0) is 14.6. The SMILES string of the molecule is Cc1c(CNC(=O)C(C)C(C)N)cccc1[N+](=O)[O-]. The largest absolute Gasteiger partial charge is 0.352 e. The maximum absolute atomic E-state index is 11.8. The molecular weight excluding hydrogens is 246 g/mol. The van der Waals surface area contributed by atoms with Crippen LogP contribution < -0.4 is 11.1 Å². The van der Waals surface area contributed by atoms with Gasteiger partial charge in [-0.1, -0.05) is 19.1 Å². The molecule has 0 aliphatic carbocycles. The second-order valence-electron chi connectivity index (χ2n) is 4.68. The number of nitro groups is 1. The zero-order valence-corrected chi connectivity index (χ0v) is 11.3. The Kier molecular flexibility index (Phi) is 5.00. The first-order valence-electron chi connectivity index (χ1n) is 6.10. The minimum atomic E-state index is -0.425. The van der Waals surface area contributed by atoms with E-state index in [9.17, 15) is 14.9 Å². The lowest BCUT2D eigenvalue weighted by molar-refractivity contribution is -0.385. The number of nitro benzene ring substituents is 1. The Morgan fingerprint density at radius 1 is 1.47 bits per heavy atom. The van der Waals surface area contributed by atoms with Gasteiger partial charge in [0.25, 0.3) is 5.69 Å². The molecule has 0 aliphatic rings. The number of benzene rings is 1. The Morgan fingerprint density at radius 3 is 2.63 bits per heavy atom. The molecule has 1 aromatic rings. The summed E-state index contributed by atoms with van der Waals surface area (Å²) >= 11 is 0. The van der Waals surface area contributed by atoms with Gasteiger partial charge >= 0.3 is 0 Å². The molecule has 0 aliphatic heterocycles. The minimum Gasteiger partial charge on any atom is -0.352 e. The van der Waals surface area contributed by atoms with Gasteiger partial charge in [0.1, 0.15) is 0 Å². The number of carbonyl (C=O) groups excluding carboxylic acids is 1. The van der Waals surface area contributed by atoms with Gasteiger partial charge in [-0.25, -0.2) is 0 Å². The average molecular weight is 265 g/mol. The van der Waals surface area contributed by atoms with Gasteiger partial charge in [-0.15, -0.1) is 0 Å². The Labute approximate surface area is 112 Å². The van der Waals surface area contributed by atoms with Crippen LogP contribution in [0.3, 0.4) is 0 Å². The minimum absolute atomic E-state index is 0.0620. The monoisotopic (exact) mass is 265 g/mol. The van der Waals surface area contributed by atoms with E-state index < -0.39 is 4.92 Å². The van der Waals surface area contributed by atoms with Gasteiger partial charge in [0.15, 0.2) is 0 Å². The Balaban J connectivity index is 2.76. The van der Waals surface area contributed by atoms with Crippen molar-refractivity contribution >= 4 is 11.6 Å². The molecule has 3 N–H and O–H groups in total. The van der Waals surface area contributed by atoms with E-state index >= 15 is 0 Å². The highest BCUT2D eigenvalue weighted by Gasteiger charge is 2.18. The number of nitrogens with one attached hydrogen (secondary N) is 1. The number of hydrogen-bond donors (Lipinski definition) is 2. The van der Waals surface area contributed by atoms with Crippen LogP contribution in [-0.2, 0) is 11.3 Å². The Morgan fingerprint density at radius 2 is 2.11 bits per heavy atom. The smallest absolute Gasteiger partial charge is 0.272 e. The van der Waals surface area contributed by atoms with Crippen molar-refractivity contribution < 1.29 is 9.72 Å². The van der Waals surface area contributed by atoms with Crippen molar-refractivity contribution in [1.82, 2.24) is 5.32 Å². The lowest BCUT2D eigenvalue weighted by Crippen LogP contribution is -2.38. The molecule has 1 rings (SSSR count). The van der Waals surface area contributed by atoms with Crippen molar-refractivity contribution in [2.24, 2.45) is 11.7 Å². The topological polar surface area (TPSA) is 98.3 Å². The number of hydrogen-bond acceptors (Lipinski definition) is 4. The highest BCUT2D eigenvalue weighted by molar-refractivity contribution is 5.79. The number of carbonyl (C=O) groups is 1. The van der Waals surface area contributed by atoms with Gasteiger partial charge in [0.05, 0.1) is 4.92 Å². The fourth-order valence-electron chi connectivity index (χ4n) is 1.64. The summed E-state index contributed by atoms with van der Waals surface area (Å²) in [6.45, 7) is 5.46. The van der Waals surface area contributed by atoms with Crippen LogP contribution >= 0.6 is 0 Å². The molecule has 1 aromatic carbocycles. The fourth-order valence-corrected chi connectivity index (χ4v) is 1.64. The summed E-state index contributed by atoms with van der Waals surface area (Å²) in [5.74, 6) is -0.445. The average Bonchev–Trinajstić information content (AvgIpc) is 2.35. The molecule has 6 heteroatoms. The Bertz CT molecular complexity index is 486. The number of amides is 1. The second kappa shape index (κ2) is 6.29. The third-order valence-corrected chi connectivity index (χ3v) is 3.27. The van der Waals surface area contributed by atoms with E-state index in [2.05, 4.69) is 5.32 Å². The van der Waals surface area contributed by atoms with Crippen molar-refractivity contribution in [2.75, 3.05) is 0 Å². The number of nitrogens with zero attached hydrogens (tertiary/aromatic N) is 1. The first-order valence-corrected chi connectivity index (χ1v) is 6.10. The molecule has 0 saturated heterocycles. The molecule has 0 spiro atoms.